The molecule has 32 heavy (non-hydrogen) atoms. The van der Waals surface area contributed by atoms with Crippen LogP contribution >= 0.6 is 11.3 Å². The van der Waals surface area contributed by atoms with Crippen LogP contribution in [0.5, 0.6) is 5.88 Å². The highest BCUT2D eigenvalue weighted by molar-refractivity contribution is 7.16. The van der Waals surface area contributed by atoms with Gasteiger partial charge in [0, 0.05) is 29.9 Å². The van der Waals surface area contributed by atoms with E-state index in [1.165, 1.54) is 6.07 Å². The van der Waals surface area contributed by atoms with Gasteiger partial charge in [-0.2, -0.15) is 0 Å². The standard InChI is InChI=1S/C25H19FN4OS/c1-15-8-18(3-5-21(15)26)25-20(17-4-6-22-23(9-17)32-14-30-22)10-19(13-29-25)27-11-16-2-7-24(31)28-12-16/h2-10,12-14,27H,11H2,1H3,(H,28,31). The number of rotatable bonds is 5. The van der Waals surface area contributed by atoms with Crippen molar-refractivity contribution in [1.29, 1.82) is 0 Å². The molecule has 2 N–H and O–H groups in total. The van der Waals surface area contributed by atoms with Crippen molar-refractivity contribution < 1.29 is 9.50 Å². The van der Waals surface area contributed by atoms with E-state index in [9.17, 15) is 9.50 Å². The molecule has 5 aromatic rings. The molecule has 0 bridgehead atoms. The van der Waals surface area contributed by atoms with Crippen LogP contribution in [0.3, 0.4) is 0 Å². The highest BCUT2D eigenvalue weighted by Crippen LogP contribution is 2.35. The van der Waals surface area contributed by atoms with Crippen LogP contribution in [-0.4, -0.2) is 20.1 Å². The number of fused-ring (bicyclic) bond motifs is 1. The van der Waals surface area contributed by atoms with E-state index in [0.29, 0.717) is 12.1 Å². The van der Waals surface area contributed by atoms with Crippen molar-refractivity contribution in [3.8, 4) is 28.3 Å². The summed E-state index contributed by atoms with van der Waals surface area (Å²) in [6, 6.07) is 16.6. The highest BCUT2D eigenvalue weighted by atomic mass is 32.1. The maximum Gasteiger partial charge on any atom is 0.210 e. The van der Waals surface area contributed by atoms with Crippen LogP contribution in [0.15, 0.2) is 72.5 Å². The number of hydrogen-bond acceptors (Lipinski definition) is 6. The van der Waals surface area contributed by atoms with Crippen molar-refractivity contribution >= 4 is 27.2 Å². The van der Waals surface area contributed by atoms with Crippen molar-refractivity contribution in [2.75, 3.05) is 5.32 Å². The van der Waals surface area contributed by atoms with Crippen molar-refractivity contribution in [3.63, 3.8) is 0 Å². The molecule has 0 aliphatic carbocycles. The van der Waals surface area contributed by atoms with E-state index in [0.717, 1.165) is 43.9 Å². The van der Waals surface area contributed by atoms with Crippen molar-refractivity contribution in [3.05, 3.63) is 89.4 Å². The van der Waals surface area contributed by atoms with Gasteiger partial charge in [-0.1, -0.05) is 12.1 Å². The number of aryl methyl sites for hydroxylation is 1. The van der Waals surface area contributed by atoms with Gasteiger partial charge in [0.2, 0.25) is 5.88 Å². The van der Waals surface area contributed by atoms with E-state index in [-0.39, 0.29) is 11.7 Å². The van der Waals surface area contributed by atoms with Gasteiger partial charge >= 0.3 is 0 Å². The number of thiazole rings is 1. The van der Waals surface area contributed by atoms with E-state index in [4.69, 9.17) is 4.98 Å². The fourth-order valence-corrected chi connectivity index (χ4v) is 4.27. The molecular formula is C25H19FN4OS. The van der Waals surface area contributed by atoms with Gasteiger partial charge in [0.05, 0.1) is 33.3 Å². The summed E-state index contributed by atoms with van der Waals surface area (Å²) in [7, 11) is 0. The third kappa shape index (κ3) is 4.02. The number of aromatic nitrogens is 3. The molecule has 5 rings (SSSR count). The summed E-state index contributed by atoms with van der Waals surface area (Å²) < 4.78 is 15.0. The molecule has 0 aliphatic heterocycles. The average molecular weight is 443 g/mol. The Morgan fingerprint density at radius 1 is 0.938 bits per heavy atom. The van der Waals surface area contributed by atoms with Gasteiger partial charge in [0.25, 0.3) is 0 Å². The molecule has 3 heterocycles. The number of halogens is 1. The number of anilines is 1. The smallest absolute Gasteiger partial charge is 0.210 e. The summed E-state index contributed by atoms with van der Waals surface area (Å²) in [6.45, 7) is 2.29. The first-order chi connectivity index (χ1) is 15.6. The lowest BCUT2D eigenvalue weighted by atomic mass is 9.97. The number of nitrogens with zero attached hydrogens (tertiary/aromatic N) is 3. The summed E-state index contributed by atoms with van der Waals surface area (Å²) in [5.74, 6) is -0.239. The zero-order valence-corrected chi connectivity index (χ0v) is 18.0. The molecule has 7 heteroatoms. The second-order valence-corrected chi connectivity index (χ2v) is 8.38. The second kappa shape index (κ2) is 8.36. The van der Waals surface area contributed by atoms with Crippen molar-refractivity contribution in [2.24, 2.45) is 0 Å². The summed E-state index contributed by atoms with van der Waals surface area (Å²) in [5, 5.41) is 12.7. The Hall–Kier alpha value is -3.84. The Morgan fingerprint density at radius 2 is 1.81 bits per heavy atom. The molecule has 0 saturated carbocycles. The van der Waals surface area contributed by atoms with Gasteiger partial charge in [-0.3, -0.25) is 4.98 Å². The maximum atomic E-state index is 13.9. The Kier molecular flexibility index (Phi) is 5.25. The van der Waals surface area contributed by atoms with Gasteiger partial charge in [0.15, 0.2) is 0 Å². The number of benzene rings is 2. The normalized spacial score (nSPS) is 11.1. The Bertz CT molecular complexity index is 1420. The Labute approximate surface area is 188 Å². The summed E-state index contributed by atoms with van der Waals surface area (Å²) in [5.41, 5.74) is 8.76. The minimum absolute atomic E-state index is 0.00453. The predicted molar refractivity (Wildman–Crippen MR) is 126 cm³/mol. The minimum atomic E-state index is -0.234. The molecule has 0 atom stereocenters. The van der Waals surface area contributed by atoms with Crippen LogP contribution in [0.4, 0.5) is 10.1 Å². The average Bonchev–Trinajstić information content (AvgIpc) is 3.28. The van der Waals surface area contributed by atoms with Crippen molar-refractivity contribution in [1.82, 2.24) is 15.0 Å². The number of nitrogens with one attached hydrogen (secondary N) is 1. The van der Waals surface area contributed by atoms with Crippen LogP contribution in [0.1, 0.15) is 11.1 Å². The lowest BCUT2D eigenvalue weighted by molar-refractivity contribution is 0.453. The van der Waals surface area contributed by atoms with E-state index in [1.54, 1.807) is 42.8 Å². The fraction of sp³-hybridized carbons (Fsp3) is 0.0800. The van der Waals surface area contributed by atoms with Crippen LogP contribution < -0.4 is 5.32 Å². The zero-order valence-electron chi connectivity index (χ0n) is 17.2. The molecule has 0 amide bonds. The van der Waals surface area contributed by atoms with Gasteiger partial charge in [-0.05, 0) is 60.0 Å². The quantitative estimate of drug-likeness (QED) is 0.340. The molecule has 3 aromatic heterocycles. The molecular weight excluding hydrogens is 423 g/mol. The van der Waals surface area contributed by atoms with Crippen LogP contribution in [0.2, 0.25) is 0 Å². The SMILES string of the molecule is Cc1cc(-c2ncc(NCc3ccc(O)nc3)cc2-c2ccc3ncsc3c2)ccc1F. The van der Waals surface area contributed by atoms with E-state index < -0.39 is 0 Å². The fourth-order valence-electron chi connectivity index (χ4n) is 3.55. The third-order valence-corrected chi connectivity index (χ3v) is 6.06. The summed E-state index contributed by atoms with van der Waals surface area (Å²) in [4.78, 5) is 13.0. The number of pyridine rings is 2. The van der Waals surface area contributed by atoms with Crippen LogP contribution in [-0.2, 0) is 6.54 Å². The third-order valence-electron chi connectivity index (χ3n) is 5.27. The molecule has 0 unspecified atom stereocenters. The molecule has 0 spiro atoms. The monoisotopic (exact) mass is 442 g/mol. The first-order valence-corrected chi connectivity index (χ1v) is 10.9. The molecule has 0 saturated heterocycles. The van der Waals surface area contributed by atoms with E-state index in [1.807, 2.05) is 29.8 Å². The highest BCUT2D eigenvalue weighted by Gasteiger charge is 2.13. The molecule has 0 radical (unpaired) electrons. The number of aromatic hydroxyl groups is 1. The number of hydrogen-bond donors (Lipinski definition) is 2. The molecule has 158 valence electrons. The zero-order chi connectivity index (χ0) is 22.1. The maximum absolute atomic E-state index is 13.9. The second-order valence-electron chi connectivity index (χ2n) is 7.50. The molecule has 0 fully saturated rings. The van der Waals surface area contributed by atoms with Crippen molar-refractivity contribution in [2.45, 2.75) is 13.5 Å². The van der Waals surface area contributed by atoms with Crippen LogP contribution in [0.25, 0.3) is 32.6 Å². The minimum Gasteiger partial charge on any atom is -0.493 e. The molecule has 0 aliphatic rings. The van der Waals surface area contributed by atoms with Crippen LogP contribution in [0, 0.1) is 12.7 Å². The summed E-state index contributed by atoms with van der Waals surface area (Å²) >= 11 is 1.59. The lowest BCUT2D eigenvalue weighted by Crippen LogP contribution is -2.01. The van der Waals surface area contributed by atoms with Gasteiger partial charge in [0.1, 0.15) is 5.82 Å². The molecule has 5 nitrogen and oxygen atoms in total. The van der Waals surface area contributed by atoms with Gasteiger partial charge < -0.3 is 10.4 Å². The van der Waals surface area contributed by atoms with E-state index in [2.05, 4.69) is 27.4 Å². The summed E-state index contributed by atoms with van der Waals surface area (Å²) in [6.07, 6.45) is 3.40. The first-order valence-electron chi connectivity index (χ1n) is 10.0. The topological polar surface area (TPSA) is 70.9 Å². The van der Waals surface area contributed by atoms with E-state index >= 15 is 0 Å². The largest absolute Gasteiger partial charge is 0.493 e. The molecule has 2 aromatic carbocycles. The van der Waals surface area contributed by atoms with Gasteiger partial charge in [-0.15, -0.1) is 11.3 Å². The Morgan fingerprint density at radius 3 is 2.62 bits per heavy atom. The predicted octanol–water partition coefficient (Wildman–Crippen LogP) is 6.19. The lowest BCUT2D eigenvalue weighted by Gasteiger charge is -2.14. The first kappa shape index (κ1) is 20.1. The Balaban J connectivity index is 1.56. The van der Waals surface area contributed by atoms with Gasteiger partial charge in [-0.25, -0.2) is 14.4 Å².